The number of fused-ring (bicyclic) bond motifs is 1. The second-order valence-electron chi connectivity index (χ2n) is 9.28. The molecular weight excluding hydrogens is 476 g/mol. The molecule has 3 aliphatic rings. The number of carbonyl (C=O) groups excluding carboxylic acids is 3. The minimum Gasteiger partial charge on any atom is -0.367 e. The number of hydrogen-bond donors (Lipinski definition) is 1. The SMILES string of the molecule is Cc1ccnnc1-c1ccc(C(=O)NC(C=O)C2CCCC[C@@H]2N2C[C@H](Cl)[C@H]3OCC(=O)[C@H]32)s1. The van der Waals surface area contributed by atoms with Crippen molar-refractivity contribution in [3.8, 4) is 10.6 Å². The quantitative estimate of drug-likeness (QED) is 0.478. The molecular formula is C24H27ClN4O4S. The maximum absolute atomic E-state index is 13.1. The van der Waals surface area contributed by atoms with Crippen LogP contribution in [0, 0.1) is 12.8 Å². The fourth-order valence-corrected chi connectivity index (χ4v) is 6.96. The van der Waals surface area contributed by atoms with E-state index in [4.69, 9.17) is 16.3 Å². The first kappa shape index (κ1) is 23.5. The molecule has 6 atom stereocenters. The lowest BCUT2D eigenvalue weighted by Crippen LogP contribution is -2.55. The number of amides is 1. The van der Waals surface area contributed by atoms with E-state index in [2.05, 4.69) is 20.4 Å². The minimum atomic E-state index is -0.646. The Kier molecular flexibility index (Phi) is 6.79. The fourth-order valence-electron chi connectivity index (χ4n) is 5.63. The van der Waals surface area contributed by atoms with Crippen molar-refractivity contribution in [3.05, 3.63) is 34.8 Å². The zero-order chi connectivity index (χ0) is 23.8. The second kappa shape index (κ2) is 9.81. The lowest BCUT2D eigenvalue weighted by atomic mass is 9.78. The van der Waals surface area contributed by atoms with Gasteiger partial charge in [0.15, 0.2) is 5.78 Å². The van der Waals surface area contributed by atoms with E-state index < -0.39 is 6.04 Å². The summed E-state index contributed by atoms with van der Waals surface area (Å²) in [5.74, 6) is -0.323. The standard InChI is InChI=1S/C24H27ClN4O4S/c1-13-8-9-26-28-21(13)19-6-7-20(34-19)24(32)27-16(11-30)14-4-2-3-5-17(14)29-10-15(25)23-22(29)18(31)12-33-23/h6-9,11,14-17,22-23H,2-5,10,12H2,1H3,(H,27,32)/t14?,15-,16?,17-,22+,23+/m0/s1. The summed E-state index contributed by atoms with van der Waals surface area (Å²) in [7, 11) is 0. The number of nitrogens with zero attached hydrogens (tertiary/aromatic N) is 3. The molecule has 2 aliphatic heterocycles. The van der Waals surface area contributed by atoms with Gasteiger partial charge in [-0.1, -0.05) is 12.8 Å². The van der Waals surface area contributed by atoms with E-state index in [0.29, 0.717) is 11.4 Å². The third kappa shape index (κ3) is 4.30. The molecule has 1 N–H and O–H groups in total. The van der Waals surface area contributed by atoms with E-state index in [-0.39, 0.29) is 47.8 Å². The molecule has 0 radical (unpaired) electrons. The van der Waals surface area contributed by atoms with Gasteiger partial charge in [-0.3, -0.25) is 14.5 Å². The summed E-state index contributed by atoms with van der Waals surface area (Å²) in [5, 5.41) is 10.8. The van der Waals surface area contributed by atoms with Crippen molar-refractivity contribution in [2.45, 2.75) is 62.2 Å². The highest BCUT2D eigenvalue weighted by Crippen LogP contribution is 2.39. The number of ketones is 1. The zero-order valence-corrected chi connectivity index (χ0v) is 20.4. The Bertz CT molecular complexity index is 1090. The van der Waals surface area contributed by atoms with Crippen LogP contribution in [-0.4, -0.2) is 75.8 Å². The molecule has 3 fully saturated rings. The monoisotopic (exact) mass is 502 g/mol. The molecule has 2 aromatic heterocycles. The molecule has 1 amide bonds. The number of nitrogens with one attached hydrogen (secondary N) is 1. The van der Waals surface area contributed by atoms with Gasteiger partial charge in [0.1, 0.15) is 18.6 Å². The third-order valence-corrected chi connectivity index (χ3v) is 8.73. The number of aryl methyl sites for hydroxylation is 1. The lowest BCUT2D eigenvalue weighted by molar-refractivity contribution is -0.122. The van der Waals surface area contributed by atoms with Crippen LogP contribution in [0.4, 0.5) is 0 Å². The molecule has 8 nitrogen and oxygen atoms in total. The van der Waals surface area contributed by atoms with Gasteiger partial charge in [0.25, 0.3) is 5.91 Å². The summed E-state index contributed by atoms with van der Waals surface area (Å²) >= 11 is 7.84. The molecule has 1 saturated carbocycles. The molecule has 0 aromatic carbocycles. The highest BCUT2D eigenvalue weighted by Gasteiger charge is 2.53. The van der Waals surface area contributed by atoms with Gasteiger partial charge in [0.05, 0.1) is 33.3 Å². The molecule has 10 heteroatoms. The Balaban J connectivity index is 1.33. The topological polar surface area (TPSA) is 101 Å². The van der Waals surface area contributed by atoms with Crippen LogP contribution in [0.1, 0.15) is 40.9 Å². The van der Waals surface area contributed by atoms with E-state index in [1.165, 1.54) is 11.3 Å². The number of aromatic nitrogens is 2. The molecule has 2 aromatic rings. The van der Waals surface area contributed by atoms with Crippen LogP contribution >= 0.6 is 22.9 Å². The summed E-state index contributed by atoms with van der Waals surface area (Å²) in [6.07, 6.45) is 5.83. The van der Waals surface area contributed by atoms with Gasteiger partial charge in [-0.05, 0) is 43.5 Å². The molecule has 0 spiro atoms. The van der Waals surface area contributed by atoms with Crippen LogP contribution in [0.15, 0.2) is 24.4 Å². The Morgan fingerprint density at radius 1 is 1.32 bits per heavy atom. The van der Waals surface area contributed by atoms with E-state index in [1.54, 1.807) is 12.3 Å². The predicted octanol–water partition coefficient (Wildman–Crippen LogP) is 2.63. The normalized spacial score (nSPS) is 30.2. The number of Topliss-reactive ketones (excluding diaryl/α,β-unsaturated/α-hetero) is 1. The molecule has 1 aliphatic carbocycles. The van der Waals surface area contributed by atoms with Gasteiger partial charge in [0.2, 0.25) is 0 Å². The van der Waals surface area contributed by atoms with Gasteiger partial charge in [0, 0.05) is 24.7 Å². The number of hydrogen-bond acceptors (Lipinski definition) is 8. The number of halogens is 1. The smallest absolute Gasteiger partial charge is 0.261 e. The maximum Gasteiger partial charge on any atom is 0.261 e. The number of alkyl halides is 1. The van der Waals surface area contributed by atoms with Crippen molar-refractivity contribution >= 4 is 40.9 Å². The predicted molar refractivity (Wildman–Crippen MR) is 128 cm³/mol. The van der Waals surface area contributed by atoms with Crippen molar-refractivity contribution in [1.82, 2.24) is 20.4 Å². The molecule has 34 heavy (non-hydrogen) atoms. The lowest BCUT2D eigenvalue weighted by Gasteiger charge is -2.42. The van der Waals surface area contributed by atoms with Gasteiger partial charge in [-0.15, -0.1) is 28.0 Å². The van der Waals surface area contributed by atoms with Gasteiger partial charge >= 0.3 is 0 Å². The van der Waals surface area contributed by atoms with Gasteiger partial charge < -0.3 is 14.8 Å². The van der Waals surface area contributed by atoms with Crippen molar-refractivity contribution in [3.63, 3.8) is 0 Å². The number of rotatable bonds is 6. The average Bonchev–Trinajstić information content (AvgIpc) is 3.56. The first-order valence-electron chi connectivity index (χ1n) is 11.7. The van der Waals surface area contributed by atoms with Crippen LogP contribution < -0.4 is 5.32 Å². The fraction of sp³-hybridized carbons (Fsp3) is 0.542. The van der Waals surface area contributed by atoms with Crippen molar-refractivity contribution in [2.75, 3.05) is 13.2 Å². The van der Waals surface area contributed by atoms with Crippen molar-refractivity contribution in [1.29, 1.82) is 0 Å². The molecule has 180 valence electrons. The molecule has 2 saturated heterocycles. The zero-order valence-electron chi connectivity index (χ0n) is 18.9. The first-order valence-corrected chi connectivity index (χ1v) is 12.9. The van der Waals surface area contributed by atoms with Crippen LogP contribution in [0.25, 0.3) is 10.6 Å². The Labute approximate surface area is 207 Å². The molecule has 2 unspecified atom stereocenters. The van der Waals surface area contributed by atoms with Gasteiger partial charge in [-0.25, -0.2) is 0 Å². The Hall–Kier alpha value is -2.20. The largest absolute Gasteiger partial charge is 0.367 e. The van der Waals surface area contributed by atoms with Crippen LogP contribution in [0.3, 0.4) is 0 Å². The summed E-state index contributed by atoms with van der Waals surface area (Å²) in [4.78, 5) is 41.3. The highest BCUT2D eigenvalue weighted by atomic mass is 35.5. The number of aldehydes is 1. The van der Waals surface area contributed by atoms with Gasteiger partial charge in [-0.2, -0.15) is 5.10 Å². The van der Waals surface area contributed by atoms with Crippen LogP contribution in [-0.2, 0) is 14.3 Å². The van der Waals surface area contributed by atoms with Crippen molar-refractivity contribution in [2.24, 2.45) is 5.92 Å². The van der Waals surface area contributed by atoms with E-state index in [9.17, 15) is 14.4 Å². The summed E-state index contributed by atoms with van der Waals surface area (Å²) < 4.78 is 5.64. The van der Waals surface area contributed by atoms with Crippen molar-refractivity contribution < 1.29 is 19.1 Å². The molecule has 5 rings (SSSR count). The number of thiophene rings is 1. The molecule has 4 heterocycles. The summed E-state index contributed by atoms with van der Waals surface area (Å²) in [6.45, 7) is 2.59. The summed E-state index contributed by atoms with van der Waals surface area (Å²) in [6, 6.07) is 4.47. The third-order valence-electron chi connectivity index (χ3n) is 7.26. The minimum absolute atomic E-state index is 0.00714. The Morgan fingerprint density at radius 2 is 2.15 bits per heavy atom. The Morgan fingerprint density at radius 3 is 2.94 bits per heavy atom. The maximum atomic E-state index is 13.1. The van der Waals surface area contributed by atoms with E-state index >= 15 is 0 Å². The number of carbonyl (C=O) groups is 3. The highest BCUT2D eigenvalue weighted by molar-refractivity contribution is 7.17. The number of likely N-dealkylation sites (tertiary alicyclic amines) is 1. The molecule has 0 bridgehead atoms. The first-order chi connectivity index (χ1) is 16.5. The van der Waals surface area contributed by atoms with E-state index in [0.717, 1.165) is 48.1 Å². The van der Waals surface area contributed by atoms with Crippen LogP contribution in [0.5, 0.6) is 0 Å². The van der Waals surface area contributed by atoms with Crippen LogP contribution in [0.2, 0.25) is 0 Å². The second-order valence-corrected chi connectivity index (χ2v) is 10.9. The van der Waals surface area contributed by atoms with E-state index in [1.807, 2.05) is 19.1 Å². The average molecular weight is 503 g/mol. The summed E-state index contributed by atoms with van der Waals surface area (Å²) in [5.41, 5.74) is 1.72. The number of ether oxygens (including phenoxy) is 1.